The maximum atomic E-state index is 12.5. The van der Waals surface area contributed by atoms with Crippen LogP contribution in [0.2, 0.25) is 0 Å². The molecule has 0 aliphatic carbocycles. The fourth-order valence-electron chi connectivity index (χ4n) is 2.62. The predicted molar refractivity (Wildman–Crippen MR) is 85.5 cm³/mol. The lowest BCUT2D eigenvalue weighted by atomic mass is 10.0. The minimum absolute atomic E-state index is 0. The van der Waals surface area contributed by atoms with Crippen molar-refractivity contribution in [1.29, 1.82) is 0 Å². The van der Waals surface area contributed by atoms with Gasteiger partial charge in [0.2, 0.25) is 5.91 Å². The van der Waals surface area contributed by atoms with Crippen molar-refractivity contribution in [3.63, 3.8) is 0 Å². The molecule has 1 aliphatic rings. The molecular formula is C16H25ClN2O. The summed E-state index contributed by atoms with van der Waals surface area (Å²) in [5.41, 5.74) is 3.58. The maximum Gasteiger partial charge on any atom is 0.227 e. The number of hydrogen-bond donors (Lipinski definition) is 1. The van der Waals surface area contributed by atoms with Gasteiger partial charge in [0.25, 0.3) is 0 Å². The van der Waals surface area contributed by atoms with Gasteiger partial charge in [0.05, 0.1) is 6.42 Å². The molecule has 2 unspecified atom stereocenters. The second-order valence-electron chi connectivity index (χ2n) is 5.81. The van der Waals surface area contributed by atoms with Gasteiger partial charge in [0, 0.05) is 25.2 Å². The second kappa shape index (κ2) is 7.09. The Bertz CT molecular complexity index is 476. The summed E-state index contributed by atoms with van der Waals surface area (Å²) < 4.78 is 0. The topological polar surface area (TPSA) is 32.3 Å². The molecule has 1 saturated heterocycles. The molecule has 0 saturated carbocycles. The van der Waals surface area contributed by atoms with Crippen LogP contribution in [0, 0.1) is 13.8 Å². The molecule has 2 atom stereocenters. The van der Waals surface area contributed by atoms with E-state index in [4.69, 9.17) is 0 Å². The largest absolute Gasteiger partial charge is 0.337 e. The smallest absolute Gasteiger partial charge is 0.227 e. The number of amides is 1. The fourth-order valence-corrected chi connectivity index (χ4v) is 2.62. The van der Waals surface area contributed by atoms with Gasteiger partial charge >= 0.3 is 0 Å². The number of rotatable bonds is 2. The van der Waals surface area contributed by atoms with Crippen molar-refractivity contribution in [2.75, 3.05) is 13.1 Å². The first-order valence-electron chi connectivity index (χ1n) is 7.06. The van der Waals surface area contributed by atoms with Crippen LogP contribution in [-0.4, -0.2) is 36.0 Å². The average Bonchev–Trinajstić information content (AvgIpc) is 2.36. The molecule has 0 aromatic heterocycles. The van der Waals surface area contributed by atoms with E-state index in [2.05, 4.69) is 51.2 Å². The molecule has 0 radical (unpaired) electrons. The van der Waals surface area contributed by atoms with E-state index in [1.54, 1.807) is 0 Å². The first-order chi connectivity index (χ1) is 8.97. The minimum Gasteiger partial charge on any atom is -0.337 e. The van der Waals surface area contributed by atoms with Crippen molar-refractivity contribution in [2.24, 2.45) is 0 Å². The summed E-state index contributed by atoms with van der Waals surface area (Å²) in [6, 6.07) is 7.00. The molecule has 4 heteroatoms. The lowest BCUT2D eigenvalue weighted by molar-refractivity contribution is -0.133. The molecule has 1 heterocycles. The highest BCUT2D eigenvalue weighted by Crippen LogP contribution is 2.15. The lowest BCUT2D eigenvalue weighted by Crippen LogP contribution is -2.56. The van der Waals surface area contributed by atoms with Crippen LogP contribution >= 0.6 is 12.4 Å². The number of piperazine rings is 1. The van der Waals surface area contributed by atoms with Crippen molar-refractivity contribution in [2.45, 2.75) is 46.2 Å². The number of nitrogens with one attached hydrogen (secondary N) is 1. The molecule has 112 valence electrons. The van der Waals surface area contributed by atoms with Crippen molar-refractivity contribution in [1.82, 2.24) is 10.2 Å². The summed E-state index contributed by atoms with van der Waals surface area (Å²) in [5, 5.41) is 3.41. The second-order valence-corrected chi connectivity index (χ2v) is 5.81. The van der Waals surface area contributed by atoms with E-state index in [1.807, 2.05) is 4.90 Å². The van der Waals surface area contributed by atoms with E-state index in [0.29, 0.717) is 12.5 Å². The Morgan fingerprint density at radius 3 is 2.75 bits per heavy atom. The zero-order chi connectivity index (χ0) is 14.0. The van der Waals surface area contributed by atoms with Gasteiger partial charge in [-0.2, -0.15) is 0 Å². The van der Waals surface area contributed by atoms with Crippen molar-refractivity contribution < 1.29 is 4.79 Å². The number of carbonyl (C=O) groups excluding carboxylic acids is 1. The molecule has 0 spiro atoms. The lowest BCUT2D eigenvalue weighted by Gasteiger charge is -2.37. The normalized spacial score (nSPS) is 22.3. The number of aryl methyl sites for hydroxylation is 2. The summed E-state index contributed by atoms with van der Waals surface area (Å²) >= 11 is 0. The van der Waals surface area contributed by atoms with Crippen LogP contribution in [0.3, 0.4) is 0 Å². The van der Waals surface area contributed by atoms with Crippen molar-refractivity contribution in [3.05, 3.63) is 34.9 Å². The summed E-state index contributed by atoms with van der Waals surface area (Å²) in [5.74, 6) is 0.245. The summed E-state index contributed by atoms with van der Waals surface area (Å²) in [6.07, 6.45) is 0.518. The van der Waals surface area contributed by atoms with Crippen molar-refractivity contribution in [3.8, 4) is 0 Å². The highest BCUT2D eigenvalue weighted by atomic mass is 35.5. The van der Waals surface area contributed by atoms with Crippen LogP contribution in [0.1, 0.15) is 30.5 Å². The maximum absolute atomic E-state index is 12.5. The SMILES string of the molecule is Cc1ccc(C)c(CC(=O)N2CC(C)NCC2C)c1.Cl. The van der Waals surface area contributed by atoms with Crippen molar-refractivity contribution >= 4 is 18.3 Å². The van der Waals surface area contributed by atoms with E-state index < -0.39 is 0 Å². The predicted octanol–water partition coefficient (Wildman–Crippen LogP) is 2.48. The highest BCUT2D eigenvalue weighted by molar-refractivity contribution is 5.85. The van der Waals surface area contributed by atoms with E-state index in [0.717, 1.165) is 18.7 Å². The first kappa shape index (κ1) is 17.0. The van der Waals surface area contributed by atoms with Gasteiger partial charge in [0.1, 0.15) is 0 Å². The monoisotopic (exact) mass is 296 g/mol. The van der Waals surface area contributed by atoms with Gasteiger partial charge < -0.3 is 10.2 Å². The number of carbonyl (C=O) groups is 1. The number of halogens is 1. The standard InChI is InChI=1S/C16H24N2O.ClH/c1-11-5-6-12(2)15(7-11)8-16(19)18-10-13(3)17-9-14(18)4;/h5-7,13-14,17H,8-10H2,1-4H3;1H. The molecule has 0 bridgehead atoms. The molecule has 1 fully saturated rings. The molecule has 20 heavy (non-hydrogen) atoms. The van der Waals surface area contributed by atoms with Crippen LogP contribution in [0.4, 0.5) is 0 Å². The molecule has 3 nitrogen and oxygen atoms in total. The third kappa shape index (κ3) is 3.97. The third-order valence-corrected chi connectivity index (χ3v) is 3.93. The van der Waals surface area contributed by atoms with E-state index in [1.165, 1.54) is 11.1 Å². The Morgan fingerprint density at radius 1 is 1.35 bits per heavy atom. The van der Waals surface area contributed by atoms with Crippen LogP contribution in [-0.2, 0) is 11.2 Å². The molecule has 1 amide bonds. The van der Waals surface area contributed by atoms with Gasteiger partial charge in [-0.15, -0.1) is 12.4 Å². The first-order valence-corrected chi connectivity index (χ1v) is 7.06. The number of nitrogens with zero attached hydrogens (tertiary/aromatic N) is 1. The zero-order valence-corrected chi connectivity index (χ0v) is 13.6. The Labute approximate surface area is 128 Å². The molecular weight excluding hydrogens is 272 g/mol. The Morgan fingerprint density at radius 2 is 2.05 bits per heavy atom. The molecule has 1 aromatic carbocycles. The van der Waals surface area contributed by atoms with Gasteiger partial charge in [-0.1, -0.05) is 23.8 Å². The van der Waals surface area contributed by atoms with E-state index in [-0.39, 0.29) is 24.4 Å². The van der Waals surface area contributed by atoms with Gasteiger partial charge in [-0.3, -0.25) is 4.79 Å². The van der Waals surface area contributed by atoms with Crippen LogP contribution < -0.4 is 5.32 Å². The van der Waals surface area contributed by atoms with Crippen LogP contribution in [0.5, 0.6) is 0 Å². The average molecular weight is 297 g/mol. The fraction of sp³-hybridized carbons (Fsp3) is 0.562. The Hall–Kier alpha value is -1.06. The number of benzene rings is 1. The Kier molecular flexibility index (Phi) is 6.03. The Balaban J connectivity index is 0.00000200. The summed E-state index contributed by atoms with van der Waals surface area (Å²) in [7, 11) is 0. The van der Waals surface area contributed by atoms with E-state index in [9.17, 15) is 4.79 Å². The minimum atomic E-state index is 0. The van der Waals surface area contributed by atoms with E-state index >= 15 is 0 Å². The molecule has 1 aliphatic heterocycles. The van der Waals surface area contributed by atoms with Gasteiger partial charge in [-0.05, 0) is 38.8 Å². The van der Waals surface area contributed by atoms with Crippen LogP contribution in [0.25, 0.3) is 0 Å². The number of hydrogen-bond acceptors (Lipinski definition) is 2. The zero-order valence-electron chi connectivity index (χ0n) is 12.8. The highest BCUT2D eigenvalue weighted by Gasteiger charge is 2.26. The molecule has 2 rings (SSSR count). The quantitative estimate of drug-likeness (QED) is 0.909. The summed E-state index contributed by atoms with van der Waals surface area (Å²) in [4.78, 5) is 14.5. The molecule has 1 N–H and O–H groups in total. The van der Waals surface area contributed by atoms with Gasteiger partial charge in [0.15, 0.2) is 0 Å². The summed E-state index contributed by atoms with van der Waals surface area (Å²) in [6.45, 7) is 10.1. The third-order valence-electron chi connectivity index (χ3n) is 3.93. The van der Waals surface area contributed by atoms with Crippen LogP contribution in [0.15, 0.2) is 18.2 Å². The molecule has 1 aromatic rings. The van der Waals surface area contributed by atoms with Gasteiger partial charge in [-0.25, -0.2) is 0 Å².